The molecule has 0 fully saturated rings. The van der Waals surface area contributed by atoms with Crippen LogP contribution in [0.15, 0.2) is 33.7 Å². The van der Waals surface area contributed by atoms with E-state index in [2.05, 4.69) is 22.3 Å². The molecule has 0 spiro atoms. The number of rotatable bonds is 5. The number of nitrogens with two attached hydrogens (primary N) is 1. The number of thioether (sulfide) groups is 1. The molecule has 18 heavy (non-hydrogen) atoms. The lowest BCUT2D eigenvalue weighted by atomic mass is 10.2. The highest BCUT2D eigenvalue weighted by molar-refractivity contribution is 7.98. The van der Waals surface area contributed by atoms with Crippen LogP contribution in [0.1, 0.15) is 37.0 Å². The average molecular weight is 263 g/mol. The zero-order valence-electron chi connectivity index (χ0n) is 10.6. The maximum atomic E-state index is 5.56. The van der Waals surface area contributed by atoms with Crippen molar-refractivity contribution in [2.24, 2.45) is 5.73 Å². The Hall–Kier alpha value is -1.33. The lowest BCUT2D eigenvalue weighted by Crippen LogP contribution is -1.95. The van der Waals surface area contributed by atoms with Crippen molar-refractivity contribution in [3.8, 4) is 0 Å². The number of nitrogens with zero attached hydrogens (tertiary/aromatic N) is 2. The van der Waals surface area contributed by atoms with Gasteiger partial charge in [-0.1, -0.05) is 31.1 Å². The molecule has 0 aliphatic carbocycles. The van der Waals surface area contributed by atoms with Gasteiger partial charge in [0.05, 0.1) is 5.75 Å². The van der Waals surface area contributed by atoms with E-state index in [0.717, 1.165) is 17.1 Å². The maximum Gasteiger partial charge on any atom is 0.229 e. The number of hydrogen-bond acceptors (Lipinski definition) is 5. The molecule has 0 aliphatic heterocycles. The van der Waals surface area contributed by atoms with Crippen LogP contribution < -0.4 is 5.73 Å². The van der Waals surface area contributed by atoms with E-state index in [4.69, 9.17) is 10.3 Å². The minimum atomic E-state index is 0.278. The Morgan fingerprint density at radius 3 is 2.56 bits per heavy atom. The first-order chi connectivity index (χ1) is 8.69. The standard InChI is InChI=1S/C13H17N3OS/c1-9(2)13-15-12(16-17-13)8-18-11-5-3-10(7-14)4-6-11/h3-6,9H,7-8,14H2,1-2H3. The molecule has 1 heterocycles. The second-order valence-electron chi connectivity index (χ2n) is 4.34. The molecule has 2 rings (SSSR count). The summed E-state index contributed by atoms with van der Waals surface area (Å²) in [5.41, 5.74) is 6.70. The predicted octanol–water partition coefficient (Wildman–Crippen LogP) is 2.94. The summed E-state index contributed by atoms with van der Waals surface area (Å²) in [5.74, 6) is 2.44. The fourth-order valence-corrected chi connectivity index (χ4v) is 2.17. The second-order valence-corrected chi connectivity index (χ2v) is 5.39. The van der Waals surface area contributed by atoms with Crippen molar-refractivity contribution in [3.63, 3.8) is 0 Å². The highest BCUT2D eigenvalue weighted by Gasteiger charge is 2.09. The summed E-state index contributed by atoms with van der Waals surface area (Å²) in [7, 11) is 0. The lowest BCUT2D eigenvalue weighted by Gasteiger charge is -2.00. The third kappa shape index (κ3) is 3.34. The Kier molecular flexibility index (Phi) is 4.38. The molecule has 2 aromatic rings. The van der Waals surface area contributed by atoms with Gasteiger partial charge < -0.3 is 10.3 Å². The van der Waals surface area contributed by atoms with Crippen LogP contribution >= 0.6 is 11.8 Å². The van der Waals surface area contributed by atoms with E-state index in [9.17, 15) is 0 Å². The highest BCUT2D eigenvalue weighted by atomic mass is 32.2. The molecule has 1 aromatic carbocycles. The highest BCUT2D eigenvalue weighted by Crippen LogP contribution is 2.22. The molecule has 96 valence electrons. The Labute approximate surface area is 111 Å². The first-order valence-electron chi connectivity index (χ1n) is 5.93. The van der Waals surface area contributed by atoms with Crippen LogP contribution in [0.5, 0.6) is 0 Å². The third-order valence-electron chi connectivity index (χ3n) is 2.50. The van der Waals surface area contributed by atoms with Crippen LogP contribution in [0.3, 0.4) is 0 Å². The first-order valence-corrected chi connectivity index (χ1v) is 6.92. The molecule has 0 atom stereocenters. The van der Waals surface area contributed by atoms with Gasteiger partial charge in [-0.05, 0) is 17.7 Å². The van der Waals surface area contributed by atoms with E-state index in [1.54, 1.807) is 11.8 Å². The molecule has 2 N–H and O–H groups in total. The SMILES string of the molecule is CC(C)c1nc(CSc2ccc(CN)cc2)no1. The molecule has 1 aromatic heterocycles. The zero-order valence-corrected chi connectivity index (χ0v) is 11.4. The Bertz CT molecular complexity index is 493. The van der Waals surface area contributed by atoms with Crippen molar-refractivity contribution >= 4 is 11.8 Å². The van der Waals surface area contributed by atoms with Gasteiger partial charge in [0.1, 0.15) is 0 Å². The van der Waals surface area contributed by atoms with Gasteiger partial charge in [0, 0.05) is 17.4 Å². The first kappa shape index (κ1) is 13.1. The van der Waals surface area contributed by atoms with Gasteiger partial charge in [0.15, 0.2) is 5.82 Å². The fourth-order valence-electron chi connectivity index (χ4n) is 1.43. The average Bonchev–Trinajstić information content (AvgIpc) is 2.86. The topological polar surface area (TPSA) is 64.9 Å². The predicted molar refractivity (Wildman–Crippen MR) is 72.3 cm³/mol. The van der Waals surface area contributed by atoms with E-state index in [0.29, 0.717) is 12.4 Å². The molecule has 0 bridgehead atoms. The van der Waals surface area contributed by atoms with Crippen molar-refractivity contribution in [2.75, 3.05) is 0 Å². The van der Waals surface area contributed by atoms with Gasteiger partial charge in [0.2, 0.25) is 5.89 Å². The Morgan fingerprint density at radius 2 is 2.00 bits per heavy atom. The van der Waals surface area contributed by atoms with Crippen LogP contribution in [0, 0.1) is 0 Å². The van der Waals surface area contributed by atoms with Crippen LogP contribution in [-0.4, -0.2) is 10.1 Å². The number of hydrogen-bond donors (Lipinski definition) is 1. The maximum absolute atomic E-state index is 5.56. The van der Waals surface area contributed by atoms with E-state index >= 15 is 0 Å². The minimum Gasteiger partial charge on any atom is -0.339 e. The summed E-state index contributed by atoms with van der Waals surface area (Å²) in [4.78, 5) is 5.52. The minimum absolute atomic E-state index is 0.278. The molecule has 0 saturated heterocycles. The van der Waals surface area contributed by atoms with Gasteiger partial charge in [0.25, 0.3) is 0 Å². The summed E-state index contributed by atoms with van der Waals surface area (Å²) in [6.45, 7) is 4.65. The zero-order chi connectivity index (χ0) is 13.0. The molecule has 5 heteroatoms. The van der Waals surface area contributed by atoms with E-state index in [1.165, 1.54) is 4.90 Å². The van der Waals surface area contributed by atoms with Crippen molar-refractivity contribution in [2.45, 2.75) is 37.0 Å². The smallest absolute Gasteiger partial charge is 0.229 e. The molecule has 0 saturated carbocycles. The largest absolute Gasteiger partial charge is 0.339 e. The summed E-state index contributed by atoms with van der Waals surface area (Å²) >= 11 is 1.69. The fraction of sp³-hybridized carbons (Fsp3) is 0.385. The lowest BCUT2D eigenvalue weighted by molar-refractivity contribution is 0.362. The van der Waals surface area contributed by atoms with Gasteiger partial charge in [-0.3, -0.25) is 0 Å². The Balaban J connectivity index is 1.93. The molecule has 0 amide bonds. The van der Waals surface area contributed by atoms with E-state index in [1.807, 2.05) is 26.0 Å². The van der Waals surface area contributed by atoms with Crippen molar-refractivity contribution in [1.82, 2.24) is 10.1 Å². The Morgan fingerprint density at radius 1 is 1.28 bits per heavy atom. The summed E-state index contributed by atoms with van der Waals surface area (Å²) in [6, 6.07) is 8.21. The summed E-state index contributed by atoms with van der Waals surface area (Å²) in [5, 5.41) is 3.96. The second kappa shape index (κ2) is 6.02. The van der Waals surface area contributed by atoms with Crippen molar-refractivity contribution in [1.29, 1.82) is 0 Å². The summed E-state index contributed by atoms with van der Waals surface area (Å²) in [6.07, 6.45) is 0. The molecule has 0 aliphatic rings. The molecule has 0 radical (unpaired) electrons. The molecule has 4 nitrogen and oxygen atoms in total. The van der Waals surface area contributed by atoms with Crippen LogP contribution in [0.25, 0.3) is 0 Å². The number of benzene rings is 1. The van der Waals surface area contributed by atoms with Gasteiger partial charge in [-0.2, -0.15) is 4.98 Å². The van der Waals surface area contributed by atoms with Gasteiger partial charge in [-0.15, -0.1) is 11.8 Å². The molecular weight excluding hydrogens is 246 g/mol. The number of aromatic nitrogens is 2. The quantitative estimate of drug-likeness (QED) is 0.840. The van der Waals surface area contributed by atoms with Crippen LogP contribution in [0.4, 0.5) is 0 Å². The molecular formula is C13H17N3OS. The van der Waals surface area contributed by atoms with Gasteiger partial charge in [-0.25, -0.2) is 0 Å². The van der Waals surface area contributed by atoms with Crippen LogP contribution in [0.2, 0.25) is 0 Å². The normalized spacial score (nSPS) is 11.1. The van der Waals surface area contributed by atoms with E-state index < -0.39 is 0 Å². The van der Waals surface area contributed by atoms with Crippen molar-refractivity contribution < 1.29 is 4.52 Å². The third-order valence-corrected chi connectivity index (χ3v) is 3.51. The monoisotopic (exact) mass is 263 g/mol. The molecule has 0 unspecified atom stereocenters. The summed E-state index contributed by atoms with van der Waals surface area (Å²) < 4.78 is 5.16. The van der Waals surface area contributed by atoms with Gasteiger partial charge >= 0.3 is 0 Å². The van der Waals surface area contributed by atoms with Crippen LogP contribution in [-0.2, 0) is 12.3 Å². The van der Waals surface area contributed by atoms with Crippen molar-refractivity contribution in [3.05, 3.63) is 41.5 Å². The van der Waals surface area contributed by atoms with E-state index in [-0.39, 0.29) is 5.92 Å².